The summed E-state index contributed by atoms with van der Waals surface area (Å²) in [5.74, 6) is 1.25. The van der Waals surface area contributed by atoms with Gasteiger partial charge in [0.15, 0.2) is 11.5 Å². The second-order valence-corrected chi connectivity index (χ2v) is 7.17. The van der Waals surface area contributed by atoms with E-state index in [4.69, 9.17) is 21.1 Å². The van der Waals surface area contributed by atoms with Gasteiger partial charge in [-0.05, 0) is 67.3 Å². The van der Waals surface area contributed by atoms with Crippen LogP contribution in [-0.4, -0.2) is 6.61 Å². The summed E-state index contributed by atoms with van der Waals surface area (Å²) in [6.45, 7) is 7.83. The molecule has 3 nitrogen and oxygen atoms in total. The van der Waals surface area contributed by atoms with Crippen molar-refractivity contribution < 1.29 is 9.47 Å². The Morgan fingerprint density at radius 3 is 2.36 bits per heavy atom. The van der Waals surface area contributed by atoms with Crippen LogP contribution in [0.1, 0.15) is 29.2 Å². The van der Waals surface area contributed by atoms with E-state index in [2.05, 4.69) is 37.4 Å². The molecule has 0 bridgehead atoms. The van der Waals surface area contributed by atoms with Crippen molar-refractivity contribution in [2.45, 2.75) is 33.9 Å². The Labute approximate surface area is 172 Å². The van der Waals surface area contributed by atoms with Crippen molar-refractivity contribution in [3.05, 3.63) is 87.9 Å². The van der Waals surface area contributed by atoms with Crippen molar-refractivity contribution in [3.8, 4) is 11.5 Å². The molecule has 0 unspecified atom stereocenters. The molecular weight excluding hydrogens is 370 g/mol. The first-order valence-electron chi connectivity index (χ1n) is 9.50. The summed E-state index contributed by atoms with van der Waals surface area (Å²) >= 11 is 6.53. The zero-order valence-corrected chi connectivity index (χ0v) is 17.3. The topological polar surface area (TPSA) is 30.5 Å². The summed E-state index contributed by atoms with van der Waals surface area (Å²) in [5, 5.41) is 4.00. The third-order valence-corrected chi connectivity index (χ3v) is 4.88. The molecule has 28 heavy (non-hydrogen) atoms. The lowest BCUT2D eigenvalue weighted by atomic mass is 10.1. The highest BCUT2D eigenvalue weighted by Gasteiger charge is 2.13. The van der Waals surface area contributed by atoms with E-state index in [1.165, 1.54) is 11.1 Å². The van der Waals surface area contributed by atoms with Gasteiger partial charge < -0.3 is 14.8 Å². The summed E-state index contributed by atoms with van der Waals surface area (Å²) in [4.78, 5) is 0. The molecule has 0 aliphatic carbocycles. The summed E-state index contributed by atoms with van der Waals surface area (Å²) in [7, 11) is 0. The minimum atomic E-state index is 0.445. The molecule has 4 heteroatoms. The largest absolute Gasteiger partial charge is 0.490 e. The van der Waals surface area contributed by atoms with Gasteiger partial charge in [-0.2, -0.15) is 0 Å². The second-order valence-electron chi connectivity index (χ2n) is 6.76. The fourth-order valence-corrected chi connectivity index (χ4v) is 3.20. The van der Waals surface area contributed by atoms with Gasteiger partial charge in [-0.1, -0.05) is 48.0 Å². The Balaban J connectivity index is 1.74. The lowest BCUT2D eigenvalue weighted by molar-refractivity contribution is 0.269. The van der Waals surface area contributed by atoms with E-state index in [0.29, 0.717) is 36.3 Å². The van der Waals surface area contributed by atoms with Crippen LogP contribution in [0.25, 0.3) is 0 Å². The lowest BCUT2D eigenvalue weighted by Gasteiger charge is -2.16. The quantitative estimate of drug-likeness (QED) is 0.469. The zero-order valence-electron chi connectivity index (χ0n) is 16.6. The standard InChI is InChI=1S/C24H26ClNO2/c1-4-27-23-14-20(15-26-21-11-10-17(2)18(3)12-21)13-22(25)24(23)28-16-19-8-6-5-7-9-19/h5-14,26H,4,15-16H2,1-3H3. The number of aryl methyl sites for hydroxylation is 2. The maximum Gasteiger partial charge on any atom is 0.180 e. The SMILES string of the molecule is CCOc1cc(CNc2ccc(C)c(C)c2)cc(Cl)c1OCc1ccccc1. The van der Waals surface area contributed by atoms with E-state index in [0.717, 1.165) is 16.8 Å². The van der Waals surface area contributed by atoms with Gasteiger partial charge in [-0.25, -0.2) is 0 Å². The number of hydrogen-bond acceptors (Lipinski definition) is 3. The summed E-state index contributed by atoms with van der Waals surface area (Å²) in [6.07, 6.45) is 0. The fraction of sp³-hybridized carbons (Fsp3) is 0.250. The monoisotopic (exact) mass is 395 g/mol. The van der Waals surface area contributed by atoms with Crippen LogP contribution in [0.15, 0.2) is 60.7 Å². The number of halogens is 1. The Morgan fingerprint density at radius 1 is 0.857 bits per heavy atom. The van der Waals surface area contributed by atoms with Gasteiger partial charge in [0, 0.05) is 12.2 Å². The third-order valence-electron chi connectivity index (χ3n) is 4.60. The summed E-state index contributed by atoms with van der Waals surface area (Å²) < 4.78 is 11.8. The molecule has 0 saturated carbocycles. The molecular formula is C24H26ClNO2. The second kappa shape index (κ2) is 9.52. The minimum Gasteiger partial charge on any atom is -0.490 e. The van der Waals surface area contributed by atoms with Gasteiger partial charge >= 0.3 is 0 Å². The van der Waals surface area contributed by atoms with Crippen molar-refractivity contribution in [1.29, 1.82) is 0 Å². The first-order chi connectivity index (χ1) is 13.6. The van der Waals surface area contributed by atoms with Gasteiger partial charge in [0.2, 0.25) is 0 Å². The van der Waals surface area contributed by atoms with E-state index in [9.17, 15) is 0 Å². The predicted octanol–water partition coefficient (Wildman–Crippen LogP) is 6.55. The predicted molar refractivity (Wildman–Crippen MR) is 117 cm³/mol. The first kappa shape index (κ1) is 20.1. The molecule has 0 aromatic heterocycles. The van der Waals surface area contributed by atoms with Crippen LogP contribution in [-0.2, 0) is 13.2 Å². The van der Waals surface area contributed by atoms with Gasteiger partial charge in [-0.3, -0.25) is 0 Å². The van der Waals surface area contributed by atoms with Crippen LogP contribution >= 0.6 is 11.6 Å². The van der Waals surface area contributed by atoms with Crippen LogP contribution in [0.4, 0.5) is 5.69 Å². The number of benzene rings is 3. The molecule has 1 N–H and O–H groups in total. The molecule has 0 aliphatic rings. The summed E-state index contributed by atoms with van der Waals surface area (Å²) in [6, 6.07) is 20.3. The average molecular weight is 396 g/mol. The molecule has 3 aromatic rings. The van der Waals surface area contributed by atoms with Crippen LogP contribution in [0.3, 0.4) is 0 Å². The maximum absolute atomic E-state index is 6.53. The van der Waals surface area contributed by atoms with Crippen LogP contribution in [0, 0.1) is 13.8 Å². The first-order valence-corrected chi connectivity index (χ1v) is 9.87. The Bertz CT molecular complexity index is 925. The number of ether oxygens (including phenoxy) is 2. The van der Waals surface area contributed by atoms with Gasteiger partial charge in [0.05, 0.1) is 11.6 Å². The average Bonchev–Trinajstić information content (AvgIpc) is 2.69. The Hall–Kier alpha value is -2.65. The van der Waals surface area contributed by atoms with E-state index >= 15 is 0 Å². The van der Waals surface area contributed by atoms with E-state index in [1.54, 1.807) is 0 Å². The molecule has 146 valence electrons. The normalized spacial score (nSPS) is 10.6. The van der Waals surface area contributed by atoms with Crippen molar-refractivity contribution >= 4 is 17.3 Å². The van der Waals surface area contributed by atoms with Crippen molar-refractivity contribution in [2.24, 2.45) is 0 Å². The van der Waals surface area contributed by atoms with Gasteiger partial charge in [0.25, 0.3) is 0 Å². The lowest BCUT2D eigenvalue weighted by Crippen LogP contribution is -2.04. The number of hydrogen-bond donors (Lipinski definition) is 1. The number of rotatable bonds is 8. The number of nitrogens with one attached hydrogen (secondary N) is 1. The Kier molecular flexibility index (Phi) is 6.83. The highest BCUT2D eigenvalue weighted by Crippen LogP contribution is 2.37. The highest BCUT2D eigenvalue weighted by molar-refractivity contribution is 6.32. The highest BCUT2D eigenvalue weighted by atomic mass is 35.5. The van der Waals surface area contributed by atoms with Crippen molar-refractivity contribution in [1.82, 2.24) is 0 Å². The number of anilines is 1. The molecule has 0 spiro atoms. The smallest absolute Gasteiger partial charge is 0.180 e. The van der Waals surface area contributed by atoms with Gasteiger partial charge in [-0.15, -0.1) is 0 Å². The van der Waals surface area contributed by atoms with Crippen molar-refractivity contribution in [2.75, 3.05) is 11.9 Å². The van der Waals surface area contributed by atoms with Crippen LogP contribution in [0.5, 0.6) is 11.5 Å². The molecule has 0 radical (unpaired) electrons. The third kappa shape index (κ3) is 5.20. The molecule has 0 amide bonds. The molecule has 3 aromatic carbocycles. The van der Waals surface area contributed by atoms with Gasteiger partial charge in [0.1, 0.15) is 6.61 Å². The minimum absolute atomic E-state index is 0.445. The molecule has 3 rings (SSSR count). The zero-order chi connectivity index (χ0) is 19.9. The van der Waals surface area contributed by atoms with Crippen LogP contribution < -0.4 is 14.8 Å². The van der Waals surface area contributed by atoms with Crippen LogP contribution in [0.2, 0.25) is 5.02 Å². The van der Waals surface area contributed by atoms with E-state index < -0.39 is 0 Å². The fourth-order valence-electron chi connectivity index (χ4n) is 2.91. The molecule has 0 fully saturated rings. The molecule has 0 atom stereocenters. The van der Waals surface area contributed by atoms with Crippen molar-refractivity contribution in [3.63, 3.8) is 0 Å². The Morgan fingerprint density at radius 2 is 1.64 bits per heavy atom. The summed E-state index contributed by atoms with van der Waals surface area (Å²) in [5.41, 5.74) is 5.76. The van der Waals surface area contributed by atoms with E-state index in [-0.39, 0.29) is 0 Å². The molecule has 0 aliphatic heterocycles. The maximum atomic E-state index is 6.53. The molecule has 0 heterocycles. The molecule has 0 saturated heterocycles. The van der Waals surface area contributed by atoms with E-state index in [1.807, 2.05) is 49.4 Å².